The summed E-state index contributed by atoms with van der Waals surface area (Å²) in [6, 6.07) is 78.9. The normalized spacial score (nSPS) is 12.9. The van der Waals surface area contributed by atoms with Crippen LogP contribution in [0.25, 0.3) is 111 Å². The first kappa shape index (κ1) is 37.2. The third kappa shape index (κ3) is 5.84. The minimum atomic E-state index is -0.0843. The van der Waals surface area contributed by atoms with E-state index in [1.165, 1.54) is 55.0 Å². The van der Waals surface area contributed by atoms with E-state index in [1.54, 1.807) is 0 Å². The van der Waals surface area contributed by atoms with Crippen molar-refractivity contribution in [3.8, 4) is 67.5 Å². The molecule has 0 fully saturated rings. The molecule has 0 amide bonds. The molecule has 1 aliphatic carbocycles. The summed E-state index contributed by atoms with van der Waals surface area (Å²) in [4.78, 5) is 10.9. The lowest BCUT2D eigenvalue weighted by Crippen LogP contribution is -2.14. The van der Waals surface area contributed by atoms with Crippen LogP contribution in [0.4, 0.5) is 0 Å². The van der Waals surface area contributed by atoms with Crippen LogP contribution >= 0.6 is 0 Å². The Kier molecular flexibility index (Phi) is 8.22. The second kappa shape index (κ2) is 14.3. The zero-order chi connectivity index (χ0) is 43.2. The average molecular weight is 831 g/mol. The van der Waals surface area contributed by atoms with Crippen LogP contribution in [0.15, 0.2) is 218 Å². The van der Waals surface area contributed by atoms with Crippen LogP contribution in [0.5, 0.6) is 0 Å². The van der Waals surface area contributed by atoms with Gasteiger partial charge in [0, 0.05) is 55.0 Å². The van der Waals surface area contributed by atoms with E-state index >= 15 is 0 Å². The second-order valence-electron chi connectivity index (χ2n) is 17.8. The average Bonchev–Trinajstić information content (AvgIpc) is 3.96. The molecule has 0 saturated heterocycles. The monoisotopic (exact) mass is 830 g/mol. The molecule has 3 heterocycles. The van der Waals surface area contributed by atoms with Crippen LogP contribution in [0.1, 0.15) is 25.0 Å². The maximum atomic E-state index is 5.43. The van der Waals surface area contributed by atoms with Gasteiger partial charge >= 0.3 is 0 Å². The predicted octanol–water partition coefficient (Wildman–Crippen LogP) is 15.6. The van der Waals surface area contributed by atoms with Crippen molar-refractivity contribution in [2.45, 2.75) is 19.3 Å². The predicted molar refractivity (Wildman–Crippen MR) is 270 cm³/mol. The minimum Gasteiger partial charge on any atom is -0.309 e. The zero-order valence-electron chi connectivity index (χ0n) is 36.1. The van der Waals surface area contributed by atoms with Gasteiger partial charge in [-0.15, -0.1) is 0 Å². The molecule has 0 unspecified atom stereocenters. The van der Waals surface area contributed by atoms with E-state index in [1.807, 2.05) is 0 Å². The first-order valence-electron chi connectivity index (χ1n) is 22.4. The van der Waals surface area contributed by atoms with E-state index in [0.717, 1.165) is 61.4 Å². The van der Waals surface area contributed by atoms with Gasteiger partial charge in [0.2, 0.25) is 0 Å². The number of para-hydroxylation sites is 4. The fourth-order valence-corrected chi connectivity index (χ4v) is 10.6. The van der Waals surface area contributed by atoms with Crippen molar-refractivity contribution >= 4 is 43.6 Å². The lowest BCUT2D eigenvalue weighted by Gasteiger charge is -2.22. The van der Waals surface area contributed by atoms with Gasteiger partial charge in [0.25, 0.3) is 0 Å². The fraction of sp³-hybridized carbons (Fsp3) is 0.0492. The van der Waals surface area contributed by atoms with Gasteiger partial charge in [-0.25, -0.2) is 9.97 Å². The minimum absolute atomic E-state index is 0.0843. The summed E-state index contributed by atoms with van der Waals surface area (Å²) in [6.07, 6.45) is 0. The summed E-state index contributed by atoms with van der Waals surface area (Å²) in [7, 11) is 0. The molecule has 4 heteroatoms. The highest BCUT2D eigenvalue weighted by atomic mass is 15.0. The molecule has 4 nitrogen and oxygen atoms in total. The van der Waals surface area contributed by atoms with Gasteiger partial charge in [0.1, 0.15) is 0 Å². The molecule has 9 aromatic carbocycles. The topological polar surface area (TPSA) is 35.6 Å². The molecule has 0 atom stereocenters. The maximum absolute atomic E-state index is 5.43. The van der Waals surface area contributed by atoms with Crippen molar-refractivity contribution in [1.82, 2.24) is 19.1 Å². The molecule has 0 saturated carbocycles. The number of nitrogens with zero attached hydrogens (tertiary/aromatic N) is 4. The largest absolute Gasteiger partial charge is 0.309 e. The van der Waals surface area contributed by atoms with E-state index in [-0.39, 0.29) is 5.41 Å². The number of aromatic nitrogens is 4. The molecule has 0 aliphatic heterocycles. The standard InChI is InChI=1S/C61H42N4/c1-61(2)52-25-12-9-22-46(52)47-31-28-40(37-53(47)61)39-16-15-17-41(34-39)54-38-55(42-29-32-58-50(35-42)48-23-10-13-26-56(48)64(58)44-18-5-3-6-19-44)63-60(62-54)43-30-33-59-51(36-43)49-24-11-14-27-57(49)65(59)45-20-7-4-8-21-45/h3-38H,1-2H3. The summed E-state index contributed by atoms with van der Waals surface area (Å²) in [5.74, 6) is 0.685. The maximum Gasteiger partial charge on any atom is 0.160 e. The number of benzene rings is 9. The molecule has 0 N–H and O–H groups in total. The summed E-state index contributed by atoms with van der Waals surface area (Å²) in [5.41, 5.74) is 19.4. The smallest absolute Gasteiger partial charge is 0.160 e. The van der Waals surface area contributed by atoms with Crippen molar-refractivity contribution < 1.29 is 0 Å². The number of hydrogen-bond acceptors (Lipinski definition) is 2. The van der Waals surface area contributed by atoms with Gasteiger partial charge in [-0.05, 0) is 118 Å². The number of fused-ring (bicyclic) bond motifs is 9. The molecule has 13 rings (SSSR count). The molecule has 1 aliphatic rings. The van der Waals surface area contributed by atoms with E-state index in [4.69, 9.17) is 9.97 Å². The van der Waals surface area contributed by atoms with E-state index < -0.39 is 0 Å². The Labute approximate surface area is 377 Å². The summed E-state index contributed by atoms with van der Waals surface area (Å²) in [6.45, 7) is 4.69. The zero-order valence-corrected chi connectivity index (χ0v) is 36.1. The van der Waals surface area contributed by atoms with Crippen molar-refractivity contribution in [2.24, 2.45) is 0 Å². The third-order valence-corrected chi connectivity index (χ3v) is 13.7. The Bertz CT molecular complexity index is 3680. The van der Waals surface area contributed by atoms with Crippen molar-refractivity contribution in [1.29, 1.82) is 0 Å². The Morgan fingerprint density at radius 3 is 1.46 bits per heavy atom. The van der Waals surface area contributed by atoms with Gasteiger partial charge in [-0.3, -0.25) is 0 Å². The Balaban J connectivity index is 0.994. The quantitative estimate of drug-likeness (QED) is 0.167. The van der Waals surface area contributed by atoms with Gasteiger partial charge in [0.05, 0.1) is 33.5 Å². The lowest BCUT2D eigenvalue weighted by atomic mass is 9.81. The molecule has 0 radical (unpaired) electrons. The summed E-state index contributed by atoms with van der Waals surface area (Å²) < 4.78 is 4.71. The Morgan fingerprint density at radius 2 is 0.800 bits per heavy atom. The first-order valence-corrected chi connectivity index (χ1v) is 22.4. The van der Waals surface area contributed by atoms with Crippen LogP contribution in [-0.4, -0.2) is 19.1 Å². The van der Waals surface area contributed by atoms with E-state index in [9.17, 15) is 0 Å². The van der Waals surface area contributed by atoms with Crippen LogP contribution in [0.2, 0.25) is 0 Å². The van der Waals surface area contributed by atoms with Crippen molar-refractivity contribution in [3.05, 3.63) is 230 Å². The molecule has 3 aromatic heterocycles. The van der Waals surface area contributed by atoms with Crippen LogP contribution in [0.3, 0.4) is 0 Å². The van der Waals surface area contributed by atoms with Crippen molar-refractivity contribution in [2.75, 3.05) is 0 Å². The van der Waals surface area contributed by atoms with E-state index in [2.05, 4.69) is 241 Å². The number of hydrogen-bond donors (Lipinski definition) is 0. The molecule has 65 heavy (non-hydrogen) atoms. The molecular weight excluding hydrogens is 789 g/mol. The van der Waals surface area contributed by atoms with E-state index in [0.29, 0.717) is 5.82 Å². The second-order valence-corrected chi connectivity index (χ2v) is 17.8. The van der Waals surface area contributed by atoms with Gasteiger partial charge in [-0.2, -0.15) is 0 Å². The molecule has 0 spiro atoms. The van der Waals surface area contributed by atoms with Gasteiger partial charge < -0.3 is 9.13 Å². The highest BCUT2D eigenvalue weighted by Gasteiger charge is 2.35. The summed E-state index contributed by atoms with van der Waals surface area (Å²) >= 11 is 0. The molecule has 12 aromatic rings. The van der Waals surface area contributed by atoms with Gasteiger partial charge in [-0.1, -0.05) is 147 Å². The lowest BCUT2D eigenvalue weighted by molar-refractivity contribution is 0.660. The highest BCUT2D eigenvalue weighted by Crippen LogP contribution is 2.49. The molecule has 306 valence electrons. The Hall–Kier alpha value is -8.34. The summed E-state index contributed by atoms with van der Waals surface area (Å²) in [5, 5.41) is 4.74. The van der Waals surface area contributed by atoms with Gasteiger partial charge in [0.15, 0.2) is 5.82 Å². The SMILES string of the molecule is CC1(C)c2ccccc2-c2ccc(-c3cccc(-c4cc(-c5ccc6c(c5)c5ccccc5n6-c5ccccc5)nc(-c5ccc6c(c5)c5ccccc5n6-c5ccccc5)n4)c3)cc21. The first-order chi connectivity index (χ1) is 32.0. The van der Waals surface area contributed by atoms with Crippen LogP contribution < -0.4 is 0 Å². The van der Waals surface area contributed by atoms with Crippen molar-refractivity contribution in [3.63, 3.8) is 0 Å². The van der Waals surface area contributed by atoms with Crippen LogP contribution in [-0.2, 0) is 5.41 Å². The highest BCUT2D eigenvalue weighted by molar-refractivity contribution is 6.11. The third-order valence-electron chi connectivity index (χ3n) is 13.7. The number of rotatable bonds is 6. The van der Waals surface area contributed by atoms with Crippen LogP contribution in [0, 0.1) is 0 Å². The molecule has 0 bridgehead atoms. The molecular formula is C61H42N4. The fourth-order valence-electron chi connectivity index (χ4n) is 10.6. The Morgan fingerprint density at radius 1 is 0.323 bits per heavy atom.